The average Bonchev–Trinajstić information content (AvgIpc) is 3.07. The Hall–Kier alpha value is -3.53. The van der Waals surface area contributed by atoms with Crippen LogP contribution in [0.15, 0.2) is 42.5 Å². The molecule has 0 aromatic heterocycles. The normalized spacial score (nSPS) is 17.7. The Balaban J connectivity index is 1.30. The van der Waals surface area contributed by atoms with Gasteiger partial charge in [0, 0.05) is 23.7 Å². The number of rotatable bonds is 7. The molecule has 0 saturated carbocycles. The molecule has 31 heavy (non-hydrogen) atoms. The molecule has 9 nitrogen and oxygen atoms in total. The van der Waals surface area contributed by atoms with Crippen LogP contribution in [0, 0.1) is 0 Å². The predicted octanol–water partition coefficient (Wildman–Crippen LogP) is 1.55. The van der Waals surface area contributed by atoms with E-state index in [0.29, 0.717) is 41.8 Å². The fourth-order valence-corrected chi connectivity index (χ4v) is 3.95. The van der Waals surface area contributed by atoms with E-state index >= 15 is 0 Å². The molecular formula is C21H19N3O6S. The summed E-state index contributed by atoms with van der Waals surface area (Å²) in [5, 5.41) is 2.13. The number of nitrogens with zero attached hydrogens (tertiary/aromatic N) is 1. The van der Waals surface area contributed by atoms with Gasteiger partial charge in [0.15, 0.2) is 6.73 Å². The van der Waals surface area contributed by atoms with Gasteiger partial charge in [-0.2, -0.15) is 0 Å². The van der Waals surface area contributed by atoms with Gasteiger partial charge >= 0.3 is 0 Å². The van der Waals surface area contributed by atoms with Gasteiger partial charge in [-0.05, 0) is 35.9 Å². The van der Waals surface area contributed by atoms with Crippen molar-refractivity contribution in [2.45, 2.75) is 12.5 Å². The van der Waals surface area contributed by atoms with Crippen LogP contribution in [0.1, 0.15) is 26.3 Å². The summed E-state index contributed by atoms with van der Waals surface area (Å²) in [4.78, 5) is 48.4. The summed E-state index contributed by atoms with van der Waals surface area (Å²) in [6, 6.07) is 11.2. The van der Waals surface area contributed by atoms with Gasteiger partial charge in [0.25, 0.3) is 11.1 Å². The first-order valence-corrected chi connectivity index (χ1v) is 10.3. The van der Waals surface area contributed by atoms with Crippen LogP contribution in [0.25, 0.3) is 0 Å². The van der Waals surface area contributed by atoms with E-state index in [-0.39, 0.29) is 35.2 Å². The first-order valence-electron chi connectivity index (χ1n) is 9.50. The molecule has 0 bridgehead atoms. The SMILES string of the molecule is NC(=O)c1ccc2c(c1)C(=O)N(CCOc1ccc(CC3NC(=O)SC3=O)cc1)CO2. The summed E-state index contributed by atoms with van der Waals surface area (Å²) in [6.45, 7) is 0.622. The van der Waals surface area contributed by atoms with Crippen molar-refractivity contribution in [3.63, 3.8) is 0 Å². The first kappa shape index (κ1) is 20.7. The lowest BCUT2D eigenvalue weighted by molar-refractivity contribution is -0.112. The summed E-state index contributed by atoms with van der Waals surface area (Å²) in [5.41, 5.74) is 6.71. The fourth-order valence-electron chi connectivity index (χ4n) is 3.28. The zero-order valence-electron chi connectivity index (χ0n) is 16.3. The van der Waals surface area contributed by atoms with Gasteiger partial charge < -0.3 is 25.4 Å². The molecule has 160 valence electrons. The minimum atomic E-state index is -0.613. The number of hydrogen-bond donors (Lipinski definition) is 2. The molecule has 1 fully saturated rings. The molecule has 0 radical (unpaired) electrons. The zero-order chi connectivity index (χ0) is 22.0. The van der Waals surface area contributed by atoms with Gasteiger partial charge in [0.2, 0.25) is 11.0 Å². The number of fused-ring (bicyclic) bond motifs is 1. The van der Waals surface area contributed by atoms with E-state index in [1.54, 1.807) is 18.2 Å². The number of carbonyl (C=O) groups excluding carboxylic acids is 4. The minimum absolute atomic E-state index is 0.0865. The van der Waals surface area contributed by atoms with Crippen LogP contribution in [-0.4, -0.2) is 53.0 Å². The summed E-state index contributed by atoms with van der Waals surface area (Å²) >= 11 is 0.695. The molecule has 4 rings (SSSR count). The van der Waals surface area contributed by atoms with Crippen molar-refractivity contribution in [3.8, 4) is 11.5 Å². The monoisotopic (exact) mass is 441 g/mol. The van der Waals surface area contributed by atoms with Crippen LogP contribution in [0.3, 0.4) is 0 Å². The van der Waals surface area contributed by atoms with E-state index in [1.165, 1.54) is 17.0 Å². The van der Waals surface area contributed by atoms with Crippen molar-refractivity contribution in [1.82, 2.24) is 10.2 Å². The Kier molecular flexibility index (Phi) is 5.81. The summed E-state index contributed by atoms with van der Waals surface area (Å²) < 4.78 is 11.3. The zero-order valence-corrected chi connectivity index (χ0v) is 17.1. The molecule has 0 spiro atoms. The van der Waals surface area contributed by atoms with Gasteiger partial charge in [-0.1, -0.05) is 12.1 Å². The van der Waals surface area contributed by atoms with E-state index in [0.717, 1.165) is 5.56 Å². The van der Waals surface area contributed by atoms with Gasteiger partial charge in [0.05, 0.1) is 12.1 Å². The first-order chi connectivity index (χ1) is 14.9. The molecule has 2 aliphatic heterocycles. The Morgan fingerprint density at radius 1 is 1.19 bits per heavy atom. The highest BCUT2D eigenvalue weighted by Gasteiger charge is 2.31. The molecule has 3 amide bonds. The molecular weight excluding hydrogens is 422 g/mol. The molecule has 2 heterocycles. The molecule has 0 aliphatic carbocycles. The second kappa shape index (κ2) is 8.68. The van der Waals surface area contributed by atoms with E-state index in [2.05, 4.69) is 5.32 Å². The number of nitrogens with two attached hydrogens (primary N) is 1. The Labute approximate surface area is 181 Å². The number of ether oxygens (including phenoxy) is 2. The molecule has 10 heteroatoms. The number of carbonyl (C=O) groups is 4. The Morgan fingerprint density at radius 3 is 2.65 bits per heavy atom. The average molecular weight is 441 g/mol. The third kappa shape index (κ3) is 4.64. The number of benzene rings is 2. The minimum Gasteiger partial charge on any atom is -0.492 e. The Morgan fingerprint density at radius 2 is 1.97 bits per heavy atom. The van der Waals surface area contributed by atoms with Crippen molar-refractivity contribution in [1.29, 1.82) is 0 Å². The van der Waals surface area contributed by atoms with E-state index in [4.69, 9.17) is 15.2 Å². The lowest BCUT2D eigenvalue weighted by Crippen LogP contribution is -2.41. The van der Waals surface area contributed by atoms with E-state index in [9.17, 15) is 19.2 Å². The smallest absolute Gasteiger partial charge is 0.287 e. The van der Waals surface area contributed by atoms with Gasteiger partial charge in [-0.3, -0.25) is 19.2 Å². The summed E-state index contributed by atoms with van der Waals surface area (Å²) in [5.74, 6) is 0.155. The van der Waals surface area contributed by atoms with Crippen LogP contribution >= 0.6 is 11.8 Å². The Bertz CT molecular complexity index is 1060. The largest absolute Gasteiger partial charge is 0.492 e. The van der Waals surface area contributed by atoms with Crippen LogP contribution in [0.2, 0.25) is 0 Å². The highest BCUT2D eigenvalue weighted by Crippen LogP contribution is 2.26. The third-order valence-electron chi connectivity index (χ3n) is 4.92. The molecule has 2 aliphatic rings. The quantitative estimate of drug-likeness (QED) is 0.667. The van der Waals surface area contributed by atoms with E-state index in [1.807, 2.05) is 12.1 Å². The highest BCUT2D eigenvalue weighted by atomic mass is 32.2. The second-order valence-corrected chi connectivity index (χ2v) is 8.00. The molecule has 3 N–H and O–H groups in total. The predicted molar refractivity (Wildman–Crippen MR) is 112 cm³/mol. The third-order valence-corrected chi connectivity index (χ3v) is 5.71. The number of thioether (sulfide) groups is 1. The van der Waals surface area contributed by atoms with Gasteiger partial charge in [0.1, 0.15) is 24.1 Å². The molecule has 1 unspecified atom stereocenters. The topological polar surface area (TPSA) is 128 Å². The summed E-state index contributed by atoms with van der Waals surface area (Å²) in [7, 11) is 0. The van der Waals surface area contributed by atoms with Crippen molar-refractivity contribution < 1.29 is 28.7 Å². The number of hydrogen-bond acceptors (Lipinski definition) is 7. The highest BCUT2D eigenvalue weighted by molar-refractivity contribution is 8.26. The van der Waals surface area contributed by atoms with Gasteiger partial charge in [-0.15, -0.1) is 0 Å². The number of amides is 3. The summed E-state index contributed by atoms with van der Waals surface area (Å²) in [6.07, 6.45) is 0.421. The van der Waals surface area contributed by atoms with Crippen LogP contribution in [0.4, 0.5) is 4.79 Å². The molecule has 1 saturated heterocycles. The van der Waals surface area contributed by atoms with Crippen molar-refractivity contribution in [2.75, 3.05) is 19.9 Å². The maximum absolute atomic E-state index is 12.7. The fraction of sp³-hybridized carbons (Fsp3) is 0.238. The number of primary amides is 1. The maximum atomic E-state index is 12.7. The van der Waals surface area contributed by atoms with Crippen LogP contribution < -0.4 is 20.5 Å². The molecule has 2 aromatic carbocycles. The van der Waals surface area contributed by atoms with Crippen molar-refractivity contribution >= 4 is 33.9 Å². The lowest BCUT2D eigenvalue weighted by atomic mass is 10.1. The number of nitrogens with one attached hydrogen (secondary N) is 1. The van der Waals surface area contributed by atoms with Crippen molar-refractivity contribution in [2.24, 2.45) is 5.73 Å². The van der Waals surface area contributed by atoms with Crippen molar-refractivity contribution in [3.05, 3.63) is 59.2 Å². The maximum Gasteiger partial charge on any atom is 0.287 e. The lowest BCUT2D eigenvalue weighted by Gasteiger charge is -2.28. The van der Waals surface area contributed by atoms with E-state index < -0.39 is 11.9 Å². The molecule has 2 aromatic rings. The molecule has 1 atom stereocenters. The standard InChI is InChI=1S/C21H19N3O6S/c22-18(25)13-3-6-17-15(10-13)19(26)24(11-30-17)7-8-29-14-4-1-12(2-5-14)9-16-20(27)31-21(28)23-16/h1-6,10,16H,7-9,11H2,(H2,22,25)(H,23,28). The van der Waals surface area contributed by atoms with Crippen LogP contribution in [0.5, 0.6) is 11.5 Å². The van der Waals surface area contributed by atoms with Crippen LogP contribution in [-0.2, 0) is 11.2 Å². The van der Waals surface area contributed by atoms with Gasteiger partial charge in [-0.25, -0.2) is 0 Å². The second-order valence-electron chi connectivity index (χ2n) is 7.02.